The molecule has 0 spiro atoms. The number of ether oxygens (including phenoxy) is 1. The molecular formula is C10H7F5N2O. The minimum Gasteiger partial charge on any atom is -0.481 e. The van der Waals surface area contributed by atoms with Gasteiger partial charge in [-0.1, -0.05) is 0 Å². The van der Waals surface area contributed by atoms with Crippen molar-refractivity contribution in [1.82, 2.24) is 4.98 Å². The van der Waals surface area contributed by atoms with E-state index in [0.29, 0.717) is 6.07 Å². The summed E-state index contributed by atoms with van der Waals surface area (Å²) in [7, 11) is 1.08. The molecule has 0 saturated heterocycles. The van der Waals surface area contributed by atoms with Crippen LogP contribution in [0.3, 0.4) is 0 Å². The predicted molar refractivity (Wildman–Crippen MR) is 50.1 cm³/mol. The first-order chi connectivity index (χ1) is 8.31. The maximum absolute atomic E-state index is 12.7. The third kappa shape index (κ3) is 2.85. The molecule has 0 bridgehead atoms. The predicted octanol–water partition coefficient (Wildman–Crippen LogP) is 3.11. The molecule has 1 aromatic heterocycles. The van der Waals surface area contributed by atoms with Gasteiger partial charge >= 0.3 is 6.18 Å². The number of rotatable bonds is 3. The number of alkyl halides is 5. The van der Waals surface area contributed by atoms with E-state index in [1.165, 1.54) is 6.07 Å². The Kier molecular flexibility index (Phi) is 4.06. The quantitative estimate of drug-likeness (QED) is 0.789. The highest BCUT2D eigenvalue weighted by Gasteiger charge is 2.39. The van der Waals surface area contributed by atoms with Gasteiger partial charge in [0.15, 0.2) is 0 Å². The van der Waals surface area contributed by atoms with Crippen LogP contribution in [0.2, 0.25) is 0 Å². The largest absolute Gasteiger partial charge is 0.481 e. The summed E-state index contributed by atoms with van der Waals surface area (Å²) >= 11 is 0. The van der Waals surface area contributed by atoms with Gasteiger partial charge in [-0.05, 0) is 0 Å². The van der Waals surface area contributed by atoms with Crippen LogP contribution in [-0.2, 0) is 12.6 Å². The Morgan fingerprint density at radius 2 is 2.06 bits per heavy atom. The maximum Gasteiger partial charge on any atom is 0.418 e. The van der Waals surface area contributed by atoms with E-state index in [0.717, 1.165) is 7.11 Å². The van der Waals surface area contributed by atoms with E-state index >= 15 is 0 Å². The lowest BCUT2D eigenvalue weighted by atomic mass is 10.0. The fourth-order valence-corrected chi connectivity index (χ4v) is 1.40. The molecule has 0 radical (unpaired) electrons. The minimum absolute atomic E-state index is 0.386. The molecule has 18 heavy (non-hydrogen) atoms. The minimum atomic E-state index is -5.00. The molecule has 1 aromatic rings. The van der Waals surface area contributed by atoms with Crippen molar-refractivity contribution in [1.29, 1.82) is 5.26 Å². The molecular weight excluding hydrogens is 259 g/mol. The first-order valence-corrected chi connectivity index (χ1v) is 4.61. The van der Waals surface area contributed by atoms with Crippen LogP contribution in [-0.4, -0.2) is 12.1 Å². The lowest BCUT2D eigenvalue weighted by Crippen LogP contribution is -2.15. The highest BCUT2D eigenvalue weighted by atomic mass is 19.4. The molecule has 0 amide bonds. The maximum atomic E-state index is 12.7. The molecule has 0 aliphatic heterocycles. The first kappa shape index (κ1) is 14.2. The van der Waals surface area contributed by atoms with Crippen LogP contribution in [0.4, 0.5) is 22.0 Å². The van der Waals surface area contributed by atoms with Gasteiger partial charge in [0, 0.05) is 11.6 Å². The fraction of sp³-hybridized carbons (Fsp3) is 0.400. The normalized spacial score (nSPS) is 11.4. The summed E-state index contributed by atoms with van der Waals surface area (Å²) < 4.78 is 67.9. The summed E-state index contributed by atoms with van der Waals surface area (Å²) in [6.45, 7) is 0. The average molecular weight is 266 g/mol. The second-order valence-corrected chi connectivity index (χ2v) is 3.21. The second kappa shape index (κ2) is 5.16. The Morgan fingerprint density at radius 3 is 2.44 bits per heavy atom. The van der Waals surface area contributed by atoms with Crippen molar-refractivity contribution in [2.75, 3.05) is 7.11 Å². The van der Waals surface area contributed by atoms with Gasteiger partial charge in [-0.2, -0.15) is 18.4 Å². The van der Waals surface area contributed by atoms with Crippen LogP contribution in [0.25, 0.3) is 0 Å². The number of hydrogen-bond acceptors (Lipinski definition) is 3. The van der Waals surface area contributed by atoms with Gasteiger partial charge in [-0.25, -0.2) is 13.8 Å². The van der Waals surface area contributed by atoms with Crippen LogP contribution < -0.4 is 4.74 Å². The summed E-state index contributed by atoms with van der Waals surface area (Å²) in [5, 5.41) is 8.42. The number of nitriles is 1. The second-order valence-electron chi connectivity index (χ2n) is 3.21. The number of aromatic nitrogens is 1. The summed E-state index contributed by atoms with van der Waals surface area (Å²) in [6.07, 6.45) is -9.07. The third-order valence-electron chi connectivity index (χ3n) is 2.08. The number of hydrogen-bond donors (Lipinski definition) is 0. The van der Waals surface area contributed by atoms with Gasteiger partial charge in [-0.3, -0.25) is 0 Å². The standard InChI is InChI=1S/C10H7F5N2O/c1-18-7-4-5(9(11)12)8(10(13,14)15)6(17-7)2-3-16/h4,9H,2H2,1H3. The topological polar surface area (TPSA) is 45.9 Å². The van der Waals surface area contributed by atoms with Crippen LogP contribution in [0.1, 0.15) is 23.2 Å². The van der Waals surface area contributed by atoms with Gasteiger partial charge in [0.05, 0.1) is 30.9 Å². The lowest BCUT2D eigenvalue weighted by molar-refractivity contribution is -0.140. The van der Waals surface area contributed by atoms with Crippen LogP contribution in [0.15, 0.2) is 6.07 Å². The van der Waals surface area contributed by atoms with Crippen LogP contribution in [0, 0.1) is 11.3 Å². The van der Waals surface area contributed by atoms with E-state index in [1.807, 2.05) is 0 Å². The van der Waals surface area contributed by atoms with E-state index in [2.05, 4.69) is 9.72 Å². The zero-order valence-corrected chi connectivity index (χ0v) is 9.05. The zero-order valence-electron chi connectivity index (χ0n) is 9.05. The van der Waals surface area contributed by atoms with E-state index in [-0.39, 0.29) is 5.88 Å². The smallest absolute Gasteiger partial charge is 0.418 e. The Bertz CT molecular complexity index is 478. The molecule has 1 rings (SSSR count). The molecule has 8 heteroatoms. The summed E-state index contributed by atoms with van der Waals surface area (Å²) in [6, 6.07) is 1.97. The molecule has 0 N–H and O–H groups in total. The summed E-state index contributed by atoms with van der Waals surface area (Å²) in [5.74, 6) is -0.386. The van der Waals surface area contributed by atoms with Crippen molar-refractivity contribution in [3.05, 3.63) is 22.9 Å². The van der Waals surface area contributed by atoms with E-state index < -0.39 is 35.8 Å². The van der Waals surface area contributed by atoms with Gasteiger partial charge < -0.3 is 4.74 Å². The molecule has 98 valence electrons. The first-order valence-electron chi connectivity index (χ1n) is 4.61. The highest BCUT2D eigenvalue weighted by Crippen LogP contribution is 2.39. The molecule has 1 heterocycles. The van der Waals surface area contributed by atoms with Gasteiger partial charge in [0.1, 0.15) is 0 Å². The SMILES string of the molecule is COc1cc(C(F)F)c(C(F)(F)F)c(CC#N)n1. The number of halogens is 5. The fourth-order valence-electron chi connectivity index (χ4n) is 1.40. The van der Waals surface area contributed by atoms with E-state index in [4.69, 9.17) is 5.26 Å². The zero-order chi connectivity index (χ0) is 13.9. The number of methoxy groups -OCH3 is 1. The molecule has 0 saturated carbocycles. The van der Waals surface area contributed by atoms with Crippen LogP contribution in [0.5, 0.6) is 5.88 Å². The Labute approximate surface area is 98.8 Å². The third-order valence-corrected chi connectivity index (χ3v) is 2.08. The molecule has 0 fully saturated rings. The lowest BCUT2D eigenvalue weighted by Gasteiger charge is -2.16. The van der Waals surface area contributed by atoms with E-state index in [1.54, 1.807) is 0 Å². The monoisotopic (exact) mass is 266 g/mol. The van der Waals surface area contributed by atoms with Crippen LogP contribution >= 0.6 is 0 Å². The van der Waals surface area contributed by atoms with Gasteiger partial charge in [0.2, 0.25) is 5.88 Å². The molecule has 0 aromatic carbocycles. The molecule has 0 atom stereocenters. The molecule has 3 nitrogen and oxygen atoms in total. The van der Waals surface area contributed by atoms with Crippen molar-refractivity contribution in [3.8, 4) is 11.9 Å². The molecule has 0 aliphatic rings. The molecule has 0 unspecified atom stereocenters. The number of pyridine rings is 1. The molecule has 0 aliphatic carbocycles. The average Bonchev–Trinajstić information content (AvgIpc) is 2.26. The Hall–Kier alpha value is -1.91. The Morgan fingerprint density at radius 1 is 1.44 bits per heavy atom. The highest BCUT2D eigenvalue weighted by molar-refractivity contribution is 5.39. The van der Waals surface area contributed by atoms with E-state index in [9.17, 15) is 22.0 Å². The van der Waals surface area contributed by atoms with Gasteiger partial charge in [-0.15, -0.1) is 0 Å². The summed E-state index contributed by atoms with van der Waals surface area (Å²) in [5.41, 5.74) is -3.57. The summed E-state index contributed by atoms with van der Waals surface area (Å²) in [4.78, 5) is 3.39. The van der Waals surface area contributed by atoms with Crippen molar-refractivity contribution in [2.24, 2.45) is 0 Å². The number of nitrogens with zero attached hydrogens (tertiary/aromatic N) is 2. The van der Waals surface area contributed by atoms with Gasteiger partial charge in [0.25, 0.3) is 6.43 Å². The van der Waals surface area contributed by atoms with Crippen molar-refractivity contribution in [3.63, 3.8) is 0 Å². The van der Waals surface area contributed by atoms with Crippen molar-refractivity contribution in [2.45, 2.75) is 19.0 Å². The van der Waals surface area contributed by atoms with Crippen molar-refractivity contribution < 1.29 is 26.7 Å². The Balaban J connectivity index is 3.56. The van der Waals surface area contributed by atoms with Crippen molar-refractivity contribution >= 4 is 0 Å².